The van der Waals surface area contributed by atoms with Crippen molar-refractivity contribution in [1.29, 1.82) is 0 Å². The van der Waals surface area contributed by atoms with Gasteiger partial charge in [0, 0.05) is 19.6 Å². The van der Waals surface area contributed by atoms with Gasteiger partial charge < -0.3 is 10.2 Å². The van der Waals surface area contributed by atoms with Crippen LogP contribution in [0.15, 0.2) is 0 Å². The van der Waals surface area contributed by atoms with E-state index >= 15 is 0 Å². The van der Waals surface area contributed by atoms with E-state index in [0.717, 1.165) is 19.5 Å². The Morgan fingerprint density at radius 2 is 2.40 bits per heavy atom. The average molecular weight is 145 g/mol. The van der Waals surface area contributed by atoms with Crippen molar-refractivity contribution in [3.63, 3.8) is 0 Å². The topological polar surface area (TPSA) is 43.7 Å². The van der Waals surface area contributed by atoms with Gasteiger partial charge in [0.25, 0.3) is 0 Å². The fourth-order valence-corrected chi connectivity index (χ4v) is 1.35. The molecule has 1 fully saturated rings. The van der Waals surface area contributed by atoms with Gasteiger partial charge in [0.2, 0.25) is 0 Å². The first-order valence-corrected chi connectivity index (χ1v) is 3.77. The van der Waals surface area contributed by atoms with Gasteiger partial charge in [-0.2, -0.15) is 0 Å². The normalized spacial score (nSPS) is 30.9. The summed E-state index contributed by atoms with van der Waals surface area (Å²) in [5.74, 6) is 0. The third-order valence-corrected chi connectivity index (χ3v) is 1.77. The molecule has 0 bridgehead atoms. The number of nitrogens with zero attached hydrogens (tertiary/aromatic N) is 1. The van der Waals surface area contributed by atoms with Crippen molar-refractivity contribution in [1.82, 2.24) is 4.90 Å². The first-order valence-electron chi connectivity index (χ1n) is 3.77. The SMILES string of the molecule is CC(O)CN1CC[C@H](O)C1. The van der Waals surface area contributed by atoms with Gasteiger partial charge in [0.05, 0.1) is 12.2 Å². The van der Waals surface area contributed by atoms with Gasteiger partial charge in [-0.3, -0.25) is 4.90 Å². The highest BCUT2D eigenvalue weighted by Gasteiger charge is 2.20. The molecule has 1 aliphatic rings. The molecule has 0 aromatic carbocycles. The molecule has 0 spiro atoms. The summed E-state index contributed by atoms with van der Waals surface area (Å²) in [6.07, 6.45) is 0.413. The molecule has 1 rings (SSSR count). The lowest BCUT2D eigenvalue weighted by atomic mass is 10.3. The fraction of sp³-hybridized carbons (Fsp3) is 1.00. The molecular weight excluding hydrogens is 130 g/mol. The van der Waals surface area contributed by atoms with Gasteiger partial charge in [-0.1, -0.05) is 0 Å². The minimum atomic E-state index is -0.273. The molecule has 1 heterocycles. The van der Waals surface area contributed by atoms with E-state index < -0.39 is 0 Å². The van der Waals surface area contributed by atoms with Gasteiger partial charge in [-0.05, 0) is 13.3 Å². The smallest absolute Gasteiger partial charge is 0.0679 e. The van der Waals surface area contributed by atoms with E-state index in [9.17, 15) is 0 Å². The number of aliphatic hydroxyl groups excluding tert-OH is 2. The Hall–Kier alpha value is -0.120. The van der Waals surface area contributed by atoms with Crippen LogP contribution in [-0.2, 0) is 0 Å². The van der Waals surface area contributed by atoms with Gasteiger partial charge in [-0.25, -0.2) is 0 Å². The van der Waals surface area contributed by atoms with Gasteiger partial charge in [-0.15, -0.1) is 0 Å². The maximum absolute atomic E-state index is 9.09. The van der Waals surface area contributed by atoms with E-state index in [1.54, 1.807) is 6.92 Å². The van der Waals surface area contributed by atoms with Crippen LogP contribution in [0.2, 0.25) is 0 Å². The molecule has 10 heavy (non-hydrogen) atoms. The van der Waals surface area contributed by atoms with Crippen molar-refractivity contribution in [3.8, 4) is 0 Å². The largest absolute Gasteiger partial charge is 0.392 e. The molecule has 0 saturated carbocycles. The highest BCUT2D eigenvalue weighted by atomic mass is 16.3. The molecule has 3 nitrogen and oxygen atoms in total. The lowest BCUT2D eigenvalue weighted by Gasteiger charge is -2.15. The van der Waals surface area contributed by atoms with E-state index in [2.05, 4.69) is 4.90 Å². The number of hydrogen-bond acceptors (Lipinski definition) is 3. The third kappa shape index (κ3) is 2.25. The second kappa shape index (κ2) is 3.32. The van der Waals surface area contributed by atoms with Crippen molar-refractivity contribution >= 4 is 0 Å². The molecule has 1 unspecified atom stereocenters. The standard InChI is InChI=1S/C7H15NO2/c1-6(9)4-8-3-2-7(10)5-8/h6-7,9-10H,2-5H2,1H3/t6?,7-/m0/s1. The van der Waals surface area contributed by atoms with Crippen molar-refractivity contribution in [3.05, 3.63) is 0 Å². The maximum Gasteiger partial charge on any atom is 0.0679 e. The van der Waals surface area contributed by atoms with E-state index in [-0.39, 0.29) is 12.2 Å². The molecular formula is C7H15NO2. The average Bonchev–Trinajstić information content (AvgIpc) is 2.13. The predicted octanol–water partition coefficient (Wildman–Crippen LogP) is -0.566. The van der Waals surface area contributed by atoms with E-state index in [1.807, 2.05) is 0 Å². The molecule has 60 valence electrons. The van der Waals surface area contributed by atoms with Crippen LogP contribution in [0.25, 0.3) is 0 Å². The molecule has 3 heteroatoms. The highest BCUT2D eigenvalue weighted by molar-refractivity contribution is 4.75. The van der Waals surface area contributed by atoms with Gasteiger partial charge in [0.15, 0.2) is 0 Å². The molecule has 0 aliphatic carbocycles. The third-order valence-electron chi connectivity index (χ3n) is 1.77. The van der Waals surface area contributed by atoms with Gasteiger partial charge in [0.1, 0.15) is 0 Å². The summed E-state index contributed by atoms with van der Waals surface area (Å²) >= 11 is 0. The Labute approximate surface area is 61.3 Å². The van der Waals surface area contributed by atoms with Crippen molar-refractivity contribution in [2.45, 2.75) is 25.6 Å². The number of hydrogen-bond donors (Lipinski definition) is 2. The molecule has 0 aromatic rings. The summed E-state index contributed by atoms with van der Waals surface area (Å²) in [5, 5.41) is 18.1. The summed E-state index contributed by atoms with van der Waals surface area (Å²) in [6.45, 7) is 4.11. The number of β-amino-alcohol motifs (C(OH)–C–C–N with tert-alkyl or cyclic N) is 2. The van der Waals surface area contributed by atoms with Crippen molar-refractivity contribution in [2.24, 2.45) is 0 Å². The first-order chi connectivity index (χ1) is 4.68. The molecule has 0 aromatic heterocycles. The Morgan fingerprint density at radius 1 is 1.70 bits per heavy atom. The second-order valence-electron chi connectivity index (χ2n) is 3.05. The molecule has 0 amide bonds. The van der Waals surface area contributed by atoms with E-state index in [0.29, 0.717) is 6.54 Å². The number of likely N-dealkylation sites (tertiary alicyclic amines) is 1. The molecule has 2 atom stereocenters. The lowest BCUT2D eigenvalue weighted by Crippen LogP contribution is -2.29. The molecule has 1 aliphatic heterocycles. The van der Waals surface area contributed by atoms with Crippen LogP contribution >= 0.6 is 0 Å². The molecule has 0 radical (unpaired) electrons. The van der Waals surface area contributed by atoms with E-state index in [4.69, 9.17) is 10.2 Å². The number of rotatable bonds is 2. The van der Waals surface area contributed by atoms with Crippen LogP contribution in [0.5, 0.6) is 0 Å². The summed E-state index contributed by atoms with van der Waals surface area (Å²) < 4.78 is 0. The van der Waals surface area contributed by atoms with E-state index in [1.165, 1.54) is 0 Å². The quantitative estimate of drug-likeness (QED) is 0.547. The predicted molar refractivity (Wildman–Crippen MR) is 38.7 cm³/mol. The van der Waals surface area contributed by atoms with Crippen LogP contribution in [0.1, 0.15) is 13.3 Å². The lowest BCUT2D eigenvalue weighted by molar-refractivity contribution is 0.125. The summed E-state index contributed by atoms with van der Waals surface area (Å²) in [5.41, 5.74) is 0. The van der Waals surface area contributed by atoms with Crippen LogP contribution in [0, 0.1) is 0 Å². The zero-order valence-corrected chi connectivity index (χ0v) is 6.32. The van der Waals surface area contributed by atoms with Crippen molar-refractivity contribution in [2.75, 3.05) is 19.6 Å². The minimum absolute atomic E-state index is 0.168. The van der Waals surface area contributed by atoms with Crippen LogP contribution < -0.4 is 0 Å². The molecule has 2 N–H and O–H groups in total. The summed E-state index contributed by atoms with van der Waals surface area (Å²) in [6, 6.07) is 0. The maximum atomic E-state index is 9.09. The monoisotopic (exact) mass is 145 g/mol. The zero-order chi connectivity index (χ0) is 7.56. The first kappa shape index (κ1) is 7.98. The van der Waals surface area contributed by atoms with Crippen molar-refractivity contribution < 1.29 is 10.2 Å². The Balaban J connectivity index is 2.18. The molecule has 1 saturated heterocycles. The summed E-state index contributed by atoms with van der Waals surface area (Å²) in [4.78, 5) is 2.08. The summed E-state index contributed by atoms with van der Waals surface area (Å²) in [7, 11) is 0. The Kier molecular flexibility index (Phi) is 2.65. The van der Waals surface area contributed by atoms with Crippen LogP contribution in [-0.4, -0.2) is 47.0 Å². The minimum Gasteiger partial charge on any atom is -0.392 e. The van der Waals surface area contributed by atoms with Crippen LogP contribution in [0.4, 0.5) is 0 Å². The Bertz CT molecular complexity index is 106. The highest BCUT2D eigenvalue weighted by Crippen LogP contribution is 2.08. The second-order valence-corrected chi connectivity index (χ2v) is 3.05. The zero-order valence-electron chi connectivity index (χ0n) is 6.32. The Morgan fingerprint density at radius 3 is 2.80 bits per heavy atom. The number of aliphatic hydroxyl groups is 2. The van der Waals surface area contributed by atoms with Crippen LogP contribution in [0.3, 0.4) is 0 Å². The fourth-order valence-electron chi connectivity index (χ4n) is 1.35. The van der Waals surface area contributed by atoms with Gasteiger partial charge >= 0.3 is 0 Å².